The second kappa shape index (κ2) is 5.49. The van der Waals surface area contributed by atoms with E-state index < -0.39 is 0 Å². The first kappa shape index (κ1) is 14.1. The molecule has 1 saturated heterocycles. The topological polar surface area (TPSA) is 32.3 Å². The van der Waals surface area contributed by atoms with Crippen LogP contribution in [0.2, 0.25) is 0 Å². The zero-order valence-electron chi connectivity index (χ0n) is 12.6. The lowest BCUT2D eigenvalue weighted by molar-refractivity contribution is -0.131. The van der Waals surface area contributed by atoms with Gasteiger partial charge in [0.2, 0.25) is 5.91 Å². The molecule has 0 spiro atoms. The second-order valence-electron chi connectivity index (χ2n) is 6.31. The number of rotatable bonds is 5. The maximum absolute atomic E-state index is 12.7. The van der Waals surface area contributed by atoms with Gasteiger partial charge in [-0.25, -0.2) is 0 Å². The smallest absolute Gasteiger partial charge is 0.241 e. The Morgan fingerprint density at radius 3 is 2.75 bits per heavy atom. The van der Waals surface area contributed by atoms with Crippen LogP contribution in [0.15, 0.2) is 12.1 Å². The molecule has 0 aromatic carbocycles. The predicted octanol–water partition coefficient (Wildman–Crippen LogP) is 3.31. The van der Waals surface area contributed by atoms with Crippen molar-refractivity contribution in [1.29, 1.82) is 0 Å². The first-order chi connectivity index (χ1) is 9.60. The van der Waals surface area contributed by atoms with Gasteiger partial charge in [0.15, 0.2) is 0 Å². The zero-order valence-corrected chi connectivity index (χ0v) is 13.4. The Morgan fingerprint density at radius 2 is 2.20 bits per heavy atom. The van der Waals surface area contributed by atoms with Crippen LogP contribution in [-0.2, 0) is 4.79 Å². The molecule has 3 rings (SSSR count). The summed E-state index contributed by atoms with van der Waals surface area (Å²) in [6.45, 7) is 7.39. The monoisotopic (exact) mass is 292 g/mol. The van der Waals surface area contributed by atoms with E-state index in [1.54, 1.807) is 11.3 Å². The molecule has 1 aromatic rings. The zero-order chi connectivity index (χ0) is 14.3. The van der Waals surface area contributed by atoms with Gasteiger partial charge in [0.1, 0.15) is 6.17 Å². The number of hydrogen-bond donors (Lipinski definition) is 1. The maximum Gasteiger partial charge on any atom is 0.241 e. The molecule has 4 heteroatoms. The molecule has 0 bridgehead atoms. The number of amides is 1. The summed E-state index contributed by atoms with van der Waals surface area (Å²) >= 11 is 1.80. The summed E-state index contributed by atoms with van der Waals surface area (Å²) in [6.07, 6.45) is 3.71. The van der Waals surface area contributed by atoms with Gasteiger partial charge in [0.25, 0.3) is 0 Å². The van der Waals surface area contributed by atoms with Gasteiger partial charge in [-0.15, -0.1) is 11.3 Å². The van der Waals surface area contributed by atoms with Crippen LogP contribution in [0.3, 0.4) is 0 Å². The number of hydrogen-bond acceptors (Lipinski definition) is 3. The Bertz CT molecular complexity index is 494. The van der Waals surface area contributed by atoms with E-state index in [4.69, 9.17) is 0 Å². The minimum atomic E-state index is -0.00819. The van der Waals surface area contributed by atoms with Gasteiger partial charge in [0, 0.05) is 16.3 Å². The van der Waals surface area contributed by atoms with Gasteiger partial charge >= 0.3 is 0 Å². The van der Waals surface area contributed by atoms with E-state index in [-0.39, 0.29) is 12.2 Å². The molecule has 1 N–H and O–H groups in total. The summed E-state index contributed by atoms with van der Waals surface area (Å²) < 4.78 is 0. The Kier molecular flexibility index (Phi) is 3.87. The quantitative estimate of drug-likeness (QED) is 0.903. The van der Waals surface area contributed by atoms with Crippen molar-refractivity contribution in [3.05, 3.63) is 21.9 Å². The Balaban J connectivity index is 1.83. The number of nitrogens with zero attached hydrogens (tertiary/aromatic N) is 1. The summed E-state index contributed by atoms with van der Waals surface area (Å²) in [5.41, 5.74) is 0. The lowest BCUT2D eigenvalue weighted by atomic mass is 9.99. The minimum absolute atomic E-state index is 0.00819. The van der Waals surface area contributed by atoms with Crippen LogP contribution < -0.4 is 5.32 Å². The fourth-order valence-corrected chi connectivity index (χ4v) is 3.84. The molecule has 3 nitrogen and oxygen atoms in total. The highest BCUT2D eigenvalue weighted by molar-refractivity contribution is 7.12. The average molecular weight is 292 g/mol. The van der Waals surface area contributed by atoms with Crippen molar-refractivity contribution in [2.45, 2.75) is 52.2 Å². The highest BCUT2D eigenvalue weighted by Crippen LogP contribution is 2.37. The van der Waals surface area contributed by atoms with E-state index in [0.29, 0.717) is 11.8 Å². The highest BCUT2D eigenvalue weighted by atomic mass is 32.1. The van der Waals surface area contributed by atoms with Crippen molar-refractivity contribution in [3.8, 4) is 0 Å². The van der Waals surface area contributed by atoms with E-state index in [0.717, 1.165) is 18.9 Å². The van der Waals surface area contributed by atoms with Crippen molar-refractivity contribution in [3.63, 3.8) is 0 Å². The van der Waals surface area contributed by atoms with Gasteiger partial charge in [-0.1, -0.05) is 20.3 Å². The summed E-state index contributed by atoms with van der Waals surface area (Å²) in [5.74, 6) is 1.44. The van der Waals surface area contributed by atoms with Crippen LogP contribution in [0.25, 0.3) is 0 Å². The van der Waals surface area contributed by atoms with E-state index in [1.165, 1.54) is 22.6 Å². The molecule has 1 aliphatic heterocycles. The van der Waals surface area contributed by atoms with Crippen molar-refractivity contribution in [2.24, 2.45) is 11.8 Å². The predicted molar refractivity (Wildman–Crippen MR) is 82.6 cm³/mol. The third-order valence-corrected chi connectivity index (χ3v) is 5.65. The fraction of sp³-hybridized carbons (Fsp3) is 0.688. The lowest BCUT2D eigenvalue weighted by Gasteiger charge is -2.23. The van der Waals surface area contributed by atoms with Gasteiger partial charge in [-0.3, -0.25) is 10.1 Å². The van der Waals surface area contributed by atoms with E-state index in [9.17, 15) is 4.79 Å². The molecular formula is C16H24N2OS. The number of nitrogens with one attached hydrogen (secondary N) is 1. The van der Waals surface area contributed by atoms with E-state index >= 15 is 0 Å². The molecule has 110 valence electrons. The minimum Gasteiger partial charge on any atom is -0.320 e. The number of aryl methyl sites for hydroxylation is 1. The summed E-state index contributed by atoms with van der Waals surface area (Å²) in [7, 11) is 0. The Morgan fingerprint density at radius 1 is 1.45 bits per heavy atom. The number of carbonyl (C=O) groups excluding carboxylic acids is 1. The van der Waals surface area contributed by atoms with Crippen LogP contribution in [0.1, 0.15) is 49.0 Å². The molecule has 1 aromatic heterocycles. The lowest BCUT2D eigenvalue weighted by Crippen LogP contribution is -2.36. The summed E-state index contributed by atoms with van der Waals surface area (Å²) in [5, 5.41) is 3.59. The standard InChI is InChI=1S/C16H24N2OS/c1-4-10(2)14-16(19)18(9-12-6-7-12)15(17-14)13-8-5-11(3)20-13/h5,8,10,12,14-15,17H,4,6-7,9H2,1-3H3. The van der Waals surface area contributed by atoms with Crippen molar-refractivity contribution < 1.29 is 4.79 Å². The van der Waals surface area contributed by atoms with Gasteiger partial charge in [0.05, 0.1) is 6.04 Å². The van der Waals surface area contributed by atoms with Gasteiger partial charge in [-0.2, -0.15) is 0 Å². The van der Waals surface area contributed by atoms with Crippen LogP contribution in [0, 0.1) is 18.8 Å². The molecule has 2 aliphatic rings. The third kappa shape index (κ3) is 2.63. The highest BCUT2D eigenvalue weighted by Gasteiger charge is 2.43. The largest absolute Gasteiger partial charge is 0.320 e. The van der Waals surface area contributed by atoms with Crippen molar-refractivity contribution in [1.82, 2.24) is 10.2 Å². The molecule has 1 saturated carbocycles. The van der Waals surface area contributed by atoms with Gasteiger partial charge in [-0.05, 0) is 43.7 Å². The first-order valence-corrected chi connectivity index (χ1v) is 8.54. The molecule has 0 radical (unpaired) electrons. The second-order valence-corrected chi connectivity index (χ2v) is 7.63. The molecular weight excluding hydrogens is 268 g/mol. The molecule has 2 fully saturated rings. The van der Waals surface area contributed by atoms with Crippen LogP contribution in [0.4, 0.5) is 0 Å². The molecule has 2 heterocycles. The molecule has 20 heavy (non-hydrogen) atoms. The third-order valence-electron chi connectivity index (χ3n) is 4.59. The fourth-order valence-electron chi connectivity index (χ4n) is 2.89. The maximum atomic E-state index is 12.7. The Labute approximate surface area is 125 Å². The molecule has 1 amide bonds. The van der Waals surface area contributed by atoms with Crippen molar-refractivity contribution in [2.75, 3.05) is 6.54 Å². The van der Waals surface area contributed by atoms with E-state index in [2.05, 4.69) is 43.1 Å². The number of carbonyl (C=O) groups is 1. The average Bonchev–Trinajstić information content (AvgIpc) is 3.07. The van der Waals surface area contributed by atoms with Crippen LogP contribution in [-0.4, -0.2) is 23.4 Å². The number of thiophene rings is 1. The molecule has 1 aliphatic carbocycles. The van der Waals surface area contributed by atoms with Gasteiger partial charge < -0.3 is 4.90 Å². The SMILES string of the molecule is CCC(C)C1NC(c2ccc(C)s2)N(CC2CC2)C1=O. The Hall–Kier alpha value is -0.870. The first-order valence-electron chi connectivity index (χ1n) is 7.73. The molecule has 3 unspecified atom stereocenters. The normalized spacial score (nSPS) is 28.1. The van der Waals surface area contributed by atoms with Crippen LogP contribution in [0.5, 0.6) is 0 Å². The molecule has 3 atom stereocenters. The summed E-state index contributed by atoms with van der Waals surface area (Å²) in [6, 6.07) is 4.31. The summed E-state index contributed by atoms with van der Waals surface area (Å²) in [4.78, 5) is 17.4. The van der Waals surface area contributed by atoms with Crippen molar-refractivity contribution >= 4 is 17.2 Å². The van der Waals surface area contributed by atoms with E-state index in [1.807, 2.05) is 0 Å². The van der Waals surface area contributed by atoms with Crippen LogP contribution >= 0.6 is 11.3 Å².